The van der Waals surface area contributed by atoms with Gasteiger partial charge in [0.15, 0.2) is 6.10 Å². The predicted octanol–water partition coefficient (Wildman–Crippen LogP) is 2.92. The van der Waals surface area contributed by atoms with E-state index < -0.39 is 18.0 Å². The van der Waals surface area contributed by atoms with Crippen LogP contribution >= 0.6 is 11.8 Å². The SMILES string of the molecule is C[C@@H](OC(=O)c1ccccc1SCC(=O)N(C)C)C(=O)Nc1ccccc1C#N. The molecule has 150 valence electrons. The van der Waals surface area contributed by atoms with Crippen LogP contribution in [0.15, 0.2) is 53.4 Å². The Bertz CT molecular complexity index is 953. The lowest BCUT2D eigenvalue weighted by Crippen LogP contribution is -2.30. The van der Waals surface area contributed by atoms with Gasteiger partial charge in [0.2, 0.25) is 5.91 Å². The summed E-state index contributed by atoms with van der Waals surface area (Å²) in [5.74, 6) is -1.11. The highest BCUT2D eigenvalue weighted by molar-refractivity contribution is 8.00. The van der Waals surface area contributed by atoms with Crippen LogP contribution in [0.4, 0.5) is 5.69 Å². The van der Waals surface area contributed by atoms with E-state index in [4.69, 9.17) is 10.00 Å². The lowest BCUT2D eigenvalue weighted by atomic mass is 10.2. The van der Waals surface area contributed by atoms with Gasteiger partial charge in [-0.3, -0.25) is 9.59 Å². The molecule has 1 atom stereocenters. The van der Waals surface area contributed by atoms with Crippen molar-refractivity contribution in [2.75, 3.05) is 25.2 Å². The minimum Gasteiger partial charge on any atom is -0.449 e. The van der Waals surface area contributed by atoms with Crippen molar-refractivity contribution < 1.29 is 19.1 Å². The summed E-state index contributed by atoms with van der Waals surface area (Å²) in [7, 11) is 3.32. The number of carbonyl (C=O) groups excluding carboxylic acids is 3. The molecule has 0 saturated carbocycles. The molecular formula is C21H21N3O4S. The van der Waals surface area contributed by atoms with Gasteiger partial charge in [-0.1, -0.05) is 24.3 Å². The first-order valence-electron chi connectivity index (χ1n) is 8.76. The van der Waals surface area contributed by atoms with Crippen molar-refractivity contribution in [1.29, 1.82) is 5.26 Å². The Morgan fingerprint density at radius 2 is 1.79 bits per heavy atom. The van der Waals surface area contributed by atoms with Crippen LogP contribution < -0.4 is 5.32 Å². The van der Waals surface area contributed by atoms with Crippen molar-refractivity contribution >= 4 is 35.2 Å². The number of thioether (sulfide) groups is 1. The zero-order valence-electron chi connectivity index (χ0n) is 16.3. The average molecular weight is 411 g/mol. The maximum absolute atomic E-state index is 12.6. The van der Waals surface area contributed by atoms with Crippen LogP contribution in [0.5, 0.6) is 0 Å². The van der Waals surface area contributed by atoms with Crippen LogP contribution in [0.2, 0.25) is 0 Å². The van der Waals surface area contributed by atoms with Crippen LogP contribution in [-0.4, -0.2) is 48.6 Å². The molecule has 0 aromatic heterocycles. The quantitative estimate of drug-likeness (QED) is 0.555. The largest absolute Gasteiger partial charge is 0.449 e. The summed E-state index contributed by atoms with van der Waals surface area (Å²) in [6.07, 6.45) is -1.07. The molecule has 2 rings (SSSR count). The molecule has 2 aromatic carbocycles. The van der Waals surface area contributed by atoms with Crippen molar-refractivity contribution in [1.82, 2.24) is 4.90 Å². The number of nitrogens with zero attached hydrogens (tertiary/aromatic N) is 2. The fourth-order valence-corrected chi connectivity index (χ4v) is 3.25. The minimum atomic E-state index is -1.07. The molecule has 29 heavy (non-hydrogen) atoms. The molecular weight excluding hydrogens is 390 g/mol. The number of ether oxygens (including phenoxy) is 1. The predicted molar refractivity (Wildman–Crippen MR) is 111 cm³/mol. The number of amides is 2. The maximum Gasteiger partial charge on any atom is 0.340 e. The first kappa shape index (κ1) is 22.0. The summed E-state index contributed by atoms with van der Waals surface area (Å²) in [6.45, 7) is 1.45. The first-order valence-corrected chi connectivity index (χ1v) is 9.75. The first-order chi connectivity index (χ1) is 13.8. The molecule has 0 bridgehead atoms. The number of para-hydroxylation sites is 1. The molecule has 0 unspecified atom stereocenters. The van der Waals surface area contributed by atoms with Gasteiger partial charge in [-0.15, -0.1) is 11.8 Å². The van der Waals surface area contributed by atoms with Gasteiger partial charge in [0.05, 0.1) is 22.6 Å². The molecule has 8 heteroatoms. The van der Waals surface area contributed by atoms with Crippen molar-refractivity contribution in [3.8, 4) is 6.07 Å². The Labute approximate surface area is 173 Å². The number of rotatable bonds is 7. The number of anilines is 1. The Morgan fingerprint density at radius 3 is 2.48 bits per heavy atom. The molecule has 0 aliphatic carbocycles. The van der Waals surface area contributed by atoms with Gasteiger partial charge >= 0.3 is 5.97 Å². The summed E-state index contributed by atoms with van der Waals surface area (Å²) in [6, 6.07) is 15.3. The minimum absolute atomic E-state index is 0.0814. The highest BCUT2D eigenvalue weighted by atomic mass is 32.2. The van der Waals surface area contributed by atoms with Gasteiger partial charge in [0.1, 0.15) is 6.07 Å². The van der Waals surface area contributed by atoms with E-state index in [-0.39, 0.29) is 17.2 Å². The Morgan fingerprint density at radius 1 is 1.14 bits per heavy atom. The second-order valence-electron chi connectivity index (χ2n) is 6.27. The number of nitriles is 1. The number of hydrogen-bond donors (Lipinski definition) is 1. The summed E-state index contributed by atoms with van der Waals surface area (Å²) < 4.78 is 5.30. The molecule has 0 fully saturated rings. The smallest absolute Gasteiger partial charge is 0.340 e. The second kappa shape index (κ2) is 10.3. The molecule has 0 saturated heterocycles. The van der Waals surface area contributed by atoms with Crippen LogP contribution in [0.3, 0.4) is 0 Å². The standard InChI is InChI=1S/C21H21N3O4S/c1-14(20(26)23-17-10-6-4-8-15(17)12-22)28-21(27)16-9-5-7-11-18(16)29-13-19(25)24(2)3/h4-11,14H,13H2,1-3H3,(H,23,26)/t14-/m1/s1. The topological polar surface area (TPSA) is 99.5 Å². The summed E-state index contributed by atoms with van der Waals surface area (Å²) >= 11 is 1.23. The highest BCUT2D eigenvalue weighted by Gasteiger charge is 2.22. The van der Waals surface area contributed by atoms with Crippen LogP contribution in [0, 0.1) is 11.3 Å². The summed E-state index contributed by atoms with van der Waals surface area (Å²) in [4.78, 5) is 38.8. The van der Waals surface area contributed by atoms with E-state index in [0.717, 1.165) is 0 Å². The lowest BCUT2D eigenvalue weighted by Gasteiger charge is -2.16. The van der Waals surface area contributed by atoms with Crippen LogP contribution in [0.25, 0.3) is 0 Å². The molecule has 0 radical (unpaired) electrons. The average Bonchev–Trinajstić information content (AvgIpc) is 2.72. The summed E-state index contributed by atoms with van der Waals surface area (Å²) in [5.41, 5.74) is 0.939. The fourth-order valence-electron chi connectivity index (χ4n) is 2.23. The third-order valence-electron chi connectivity index (χ3n) is 3.92. The number of nitrogens with one attached hydrogen (secondary N) is 1. The zero-order valence-corrected chi connectivity index (χ0v) is 17.2. The van der Waals surface area contributed by atoms with Crippen molar-refractivity contribution in [2.24, 2.45) is 0 Å². The Kier molecular flexibility index (Phi) is 7.80. The molecule has 0 aliphatic rings. The van der Waals surface area contributed by atoms with Crippen LogP contribution in [-0.2, 0) is 14.3 Å². The van der Waals surface area contributed by atoms with Gasteiger partial charge in [-0.2, -0.15) is 5.26 Å². The second-order valence-corrected chi connectivity index (χ2v) is 7.28. The molecule has 2 aromatic rings. The van der Waals surface area contributed by atoms with E-state index >= 15 is 0 Å². The third kappa shape index (κ3) is 6.09. The van der Waals surface area contributed by atoms with Gasteiger partial charge in [-0.05, 0) is 31.2 Å². The third-order valence-corrected chi connectivity index (χ3v) is 4.97. The van der Waals surface area contributed by atoms with E-state index in [0.29, 0.717) is 16.1 Å². The van der Waals surface area contributed by atoms with E-state index in [1.807, 2.05) is 6.07 Å². The molecule has 0 aliphatic heterocycles. The molecule has 2 amide bonds. The number of carbonyl (C=O) groups is 3. The van der Waals surface area contributed by atoms with Crippen molar-refractivity contribution in [3.63, 3.8) is 0 Å². The fraction of sp³-hybridized carbons (Fsp3) is 0.238. The lowest BCUT2D eigenvalue weighted by molar-refractivity contribution is -0.126. The highest BCUT2D eigenvalue weighted by Crippen LogP contribution is 2.24. The van der Waals surface area contributed by atoms with Crippen molar-refractivity contribution in [2.45, 2.75) is 17.9 Å². The van der Waals surface area contributed by atoms with Crippen molar-refractivity contribution in [3.05, 3.63) is 59.7 Å². The van der Waals surface area contributed by atoms with Gasteiger partial charge in [0, 0.05) is 19.0 Å². The Balaban J connectivity index is 2.05. The van der Waals surface area contributed by atoms with E-state index in [2.05, 4.69) is 5.32 Å². The number of esters is 1. The van der Waals surface area contributed by atoms with Gasteiger partial charge < -0.3 is 15.0 Å². The number of hydrogen-bond acceptors (Lipinski definition) is 6. The Hall–Kier alpha value is -3.31. The maximum atomic E-state index is 12.6. The summed E-state index contributed by atoms with van der Waals surface area (Å²) in [5, 5.41) is 11.7. The molecule has 1 N–H and O–H groups in total. The zero-order chi connectivity index (χ0) is 21.4. The van der Waals surface area contributed by atoms with Gasteiger partial charge in [0.25, 0.3) is 5.91 Å². The van der Waals surface area contributed by atoms with Crippen LogP contribution in [0.1, 0.15) is 22.8 Å². The van der Waals surface area contributed by atoms with E-state index in [9.17, 15) is 14.4 Å². The monoisotopic (exact) mass is 411 g/mol. The molecule has 0 spiro atoms. The van der Waals surface area contributed by atoms with E-state index in [1.165, 1.54) is 23.6 Å². The molecule has 7 nitrogen and oxygen atoms in total. The molecule has 0 heterocycles. The number of benzene rings is 2. The normalized spacial score (nSPS) is 11.1. The van der Waals surface area contributed by atoms with E-state index in [1.54, 1.807) is 62.6 Å². The van der Waals surface area contributed by atoms with Gasteiger partial charge in [-0.25, -0.2) is 4.79 Å².